The van der Waals surface area contributed by atoms with Crippen LogP contribution in [0.4, 0.5) is 5.82 Å². The van der Waals surface area contributed by atoms with Gasteiger partial charge in [0.25, 0.3) is 5.91 Å². The van der Waals surface area contributed by atoms with E-state index < -0.39 is 0 Å². The number of aromatic nitrogens is 1. The van der Waals surface area contributed by atoms with Gasteiger partial charge in [-0.05, 0) is 12.1 Å². The molecule has 0 fully saturated rings. The lowest BCUT2D eigenvalue weighted by atomic mass is 9.90. The maximum atomic E-state index is 12.2. The van der Waals surface area contributed by atoms with E-state index in [1.54, 1.807) is 26.4 Å². The molecule has 6 heteroatoms. The predicted octanol–water partition coefficient (Wildman–Crippen LogP) is 1.35. The Hall–Kier alpha value is -1.66. The van der Waals surface area contributed by atoms with Crippen molar-refractivity contribution in [2.75, 3.05) is 33.1 Å². The van der Waals surface area contributed by atoms with Gasteiger partial charge in [0, 0.05) is 37.4 Å². The van der Waals surface area contributed by atoms with Crippen LogP contribution in [0.5, 0.6) is 0 Å². The highest BCUT2D eigenvalue weighted by atomic mass is 16.5. The number of nitrogens with two attached hydrogens (primary N) is 1. The summed E-state index contributed by atoms with van der Waals surface area (Å²) >= 11 is 0. The summed E-state index contributed by atoms with van der Waals surface area (Å²) in [4.78, 5) is 16.5. The van der Waals surface area contributed by atoms with E-state index in [1.165, 1.54) is 0 Å². The number of anilines is 1. The SMILES string of the molecule is COCC(CNC(=O)c1cc(N)nc(C(C)(C)C)c1)OC. The minimum absolute atomic E-state index is 0.171. The van der Waals surface area contributed by atoms with Crippen molar-refractivity contribution in [2.24, 2.45) is 0 Å². The van der Waals surface area contributed by atoms with Crippen LogP contribution in [-0.4, -0.2) is 44.4 Å². The normalized spacial score (nSPS) is 13.0. The molecule has 1 amide bonds. The van der Waals surface area contributed by atoms with E-state index in [1.807, 2.05) is 20.8 Å². The number of carbonyl (C=O) groups excluding carboxylic acids is 1. The van der Waals surface area contributed by atoms with Gasteiger partial charge in [-0.15, -0.1) is 0 Å². The van der Waals surface area contributed by atoms with Crippen molar-refractivity contribution in [3.8, 4) is 0 Å². The number of amides is 1. The first-order chi connectivity index (χ1) is 9.77. The Morgan fingerprint density at radius 3 is 2.57 bits per heavy atom. The van der Waals surface area contributed by atoms with Crippen molar-refractivity contribution in [3.05, 3.63) is 23.4 Å². The molecule has 1 heterocycles. The largest absolute Gasteiger partial charge is 0.384 e. The van der Waals surface area contributed by atoms with Crippen molar-refractivity contribution in [2.45, 2.75) is 32.3 Å². The lowest BCUT2D eigenvalue weighted by molar-refractivity contribution is 0.0285. The van der Waals surface area contributed by atoms with E-state index >= 15 is 0 Å². The van der Waals surface area contributed by atoms with Crippen LogP contribution in [0, 0.1) is 0 Å². The zero-order chi connectivity index (χ0) is 16.0. The monoisotopic (exact) mass is 295 g/mol. The Morgan fingerprint density at radius 2 is 2.05 bits per heavy atom. The number of hydrogen-bond acceptors (Lipinski definition) is 5. The molecule has 0 saturated carbocycles. The van der Waals surface area contributed by atoms with Crippen LogP contribution in [0.25, 0.3) is 0 Å². The van der Waals surface area contributed by atoms with Crippen LogP contribution in [0.15, 0.2) is 12.1 Å². The standard InChI is InChI=1S/C15H25N3O3/c1-15(2,3)12-6-10(7-13(16)18-12)14(19)17-8-11(21-5)9-20-4/h6-7,11H,8-9H2,1-5H3,(H2,16,18)(H,17,19). The number of methoxy groups -OCH3 is 2. The topological polar surface area (TPSA) is 86.5 Å². The maximum Gasteiger partial charge on any atom is 0.251 e. The van der Waals surface area contributed by atoms with E-state index in [9.17, 15) is 4.79 Å². The summed E-state index contributed by atoms with van der Waals surface area (Å²) in [5.41, 5.74) is 6.90. The fraction of sp³-hybridized carbons (Fsp3) is 0.600. The molecule has 1 unspecified atom stereocenters. The Bertz CT molecular complexity index is 484. The van der Waals surface area contributed by atoms with Crippen LogP contribution in [-0.2, 0) is 14.9 Å². The molecule has 1 aromatic heterocycles. The molecule has 0 spiro atoms. The molecule has 1 atom stereocenters. The zero-order valence-electron chi connectivity index (χ0n) is 13.4. The average molecular weight is 295 g/mol. The number of nitrogens with zero attached hydrogens (tertiary/aromatic N) is 1. The molecule has 0 bridgehead atoms. The van der Waals surface area contributed by atoms with Gasteiger partial charge in [-0.25, -0.2) is 4.98 Å². The smallest absolute Gasteiger partial charge is 0.251 e. The average Bonchev–Trinajstić information content (AvgIpc) is 2.41. The molecular formula is C15H25N3O3. The van der Waals surface area contributed by atoms with Gasteiger partial charge in [-0.3, -0.25) is 4.79 Å². The van der Waals surface area contributed by atoms with Gasteiger partial charge in [0.1, 0.15) is 5.82 Å². The first-order valence-electron chi connectivity index (χ1n) is 6.86. The molecule has 0 aliphatic heterocycles. The van der Waals surface area contributed by atoms with Gasteiger partial charge >= 0.3 is 0 Å². The van der Waals surface area contributed by atoms with Gasteiger partial charge < -0.3 is 20.5 Å². The third-order valence-corrected chi connectivity index (χ3v) is 3.05. The Labute approximate surface area is 126 Å². The molecule has 0 aromatic carbocycles. The first-order valence-corrected chi connectivity index (χ1v) is 6.86. The second-order valence-electron chi connectivity index (χ2n) is 5.94. The van der Waals surface area contributed by atoms with Gasteiger partial charge in [-0.1, -0.05) is 20.8 Å². The number of hydrogen-bond donors (Lipinski definition) is 2. The molecule has 21 heavy (non-hydrogen) atoms. The Balaban J connectivity index is 2.81. The third kappa shape index (κ3) is 5.32. The van der Waals surface area contributed by atoms with Crippen molar-refractivity contribution in [3.63, 3.8) is 0 Å². The first kappa shape index (κ1) is 17.4. The summed E-state index contributed by atoms with van der Waals surface area (Å²) in [6.07, 6.45) is -0.180. The third-order valence-electron chi connectivity index (χ3n) is 3.05. The van der Waals surface area contributed by atoms with Crippen molar-refractivity contribution < 1.29 is 14.3 Å². The molecule has 0 radical (unpaired) electrons. The number of rotatable bonds is 6. The van der Waals surface area contributed by atoms with Crippen LogP contribution in [0.3, 0.4) is 0 Å². The number of nitrogens with one attached hydrogen (secondary N) is 1. The quantitative estimate of drug-likeness (QED) is 0.827. The van der Waals surface area contributed by atoms with E-state index in [2.05, 4.69) is 10.3 Å². The lowest BCUT2D eigenvalue weighted by Crippen LogP contribution is -2.35. The summed E-state index contributed by atoms with van der Waals surface area (Å²) in [6, 6.07) is 3.34. The van der Waals surface area contributed by atoms with Crippen LogP contribution >= 0.6 is 0 Å². The minimum atomic E-state index is -0.201. The lowest BCUT2D eigenvalue weighted by Gasteiger charge is -2.19. The van der Waals surface area contributed by atoms with Crippen LogP contribution in [0.1, 0.15) is 36.8 Å². The predicted molar refractivity (Wildman–Crippen MR) is 82.4 cm³/mol. The summed E-state index contributed by atoms with van der Waals surface area (Å²) in [5, 5.41) is 2.81. The summed E-state index contributed by atoms with van der Waals surface area (Å²) in [7, 11) is 3.17. The van der Waals surface area contributed by atoms with Gasteiger partial charge in [0.2, 0.25) is 0 Å². The van der Waals surface area contributed by atoms with Crippen molar-refractivity contribution >= 4 is 11.7 Å². The Kier molecular flexibility index (Phi) is 6.11. The molecule has 0 aliphatic rings. The maximum absolute atomic E-state index is 12.2. The van der Waals surface area contributed by atoms with E-state index in [0.29, 0.717) is 24.5 Å². The van der Waals surface area contributed by atoms with Crippen molar-refractivity contribution in [1.29, 1.82) is 0 Å². The second-order valence-corrected chi connectivity index (χ2v) is 5.94. The molecule has 1 aromatic rings. The second kappa shape index (κ2) is 7.38. The van der Waals surface area contributed by atoms with Gasteiger partial charge in [-0.2, -0.15) is 0 Å². The highest BCUT2D eigenvalue weighted by Crippen LogP contribution is 2.22. The summed E-state index contributed by atoms with van der Waals surface area (Å²) in [6.45, 7) is 6.86. The molecular weight excluding hydrogens is 270 g/mol. The number of nitrogen functional groups attached to an aromatic ring is 1. The fourth-order valence-electron chi connectivity index (χ4n) is 1.77. The molecule has 6 nitrogen and oxygen atoms in total. The number of pyridine rings is 1. The zero-order valence-corrected chi connectivity index (χ0v) is 13.4. The highest BCUT2D eigenvalue weighted by Gasteiger charge is 2.19. The van der Waals surface area contributed by atoms with E-state index in [-0.39, 0.29) is 17.4 Å². The molecule has 1 rings (SSSR count). The molecule has 0 aliphatic carbocycles. The highest BCUT2D eigenvalue weighted by molar-refractivity contribution is 5.95. The fourth-order valence-corrected chi connectivity index (χ4v) is 1.77. The van der Waals surface area contributed by atoms with Gasteiger partial charge in [0.15, 0.2) is 0 Å². The molecule has 0 saturated heterocycles. The summed E-state index contributed by atoms with van der Waals surface area (Å²) < 4.78 is 10.2. The molecule has 3 N–H and O–H groups in total. The van der Waals surface area contributed by atoms with Gasteiger partial charge in [0.05, 0.1) is 12.7 Å². The van der Waals surface area contributed by atoms with Crippen LogP contribution < -0.4 is 11.1 Å². The molecule has 118 valence electrons. The van der Waals surface area contributed by atoms with E-state index in [0.717, 1.165) is 5.69 Å². The van der Waals surface area contributed by atoms with Crippen molar-refractivity contribution in [1.82, 2.24) is 10.3 Å². The Morgan fingerprint density at radius 1 is 1.38 bits per heavy atom. The summed E-state index contributed by atoms with van der Waals surface area (Å²) in [5.74, 6) is 0.139. The van der Waals surface area contributed by atoms with E-state index in [4.69, 9.17) is 15.2 Å². The number of carbonyl (C=O) groups is 1. The minimum Gasteiger partial charge on any atom is -0.384 e. The number of ether oxygens (including phenoxy) is 2. The van der Waals surface area contributed by atoms with Crippen LogP contribution in [0.2, 0.25) is 0 Å².